The van der Waals surface area contributed by atoms with Gasteiger partial charge in [-0.1, -0.05) is 19.1 Å². The Bertz CT molecular complexity index is 388. The molecule has 1 aromatic rings. The van der Waals surface area contributed by atoms with Crippen molar-refractivity contribution in [2.24, 2.45) is 11.8 Å². The lowest BCUT2D eigenvalue weighted by Gasteiger charge is -2.34. The number of carbonyl (C=O) groups is 1. The minimum Gasteiger partial charge on any atom is -0.497 e. The minimum atomic E-state index is 0.192. The van der Waals surface area contributed by atoms with E-state index in [1.165, 1.54) is 5.56 Å². The molecule has 2 rings (SSSR count). The van der Waals surface area contributed by atoms with Crippen LogP contribution in [-0.2, 0) is 11.3 Å². The van der Waals surface area contributed by atoms with E-state index in [4.69, 9.17) is 4.74 Å². The van der Waals surface area contributed by atoms with Gasteiger partial charge in [0, 0.05) is 19.0 Å². The Balaban J connectivity index is 1.94. The van der Waals surface area contributed by atoms with Crippen LogP contribution in [-0.4, -0.2) is 31.4 Å². The SMILES string of the molecule is COc1ccc(CN2CCC(C)C(C=O)C2)cc1. The van der Waals surface area contributed by atoms with Gasteiger partial charge in [-0.2, -0.15) is 0 Å². The topological polar surface area (TPSA) is 29.5 Å². The number of aldehydes is 1. The Morgan fingerprint density at radius 2 is 2.11 bits per heavy atom. The smallest absolute Gasteiger partial charge is 0.124 e. The number of likely N-dealkylation sites (tertiary alicyclic amines) is 1. The molecular formula is C15H21NO2. The molecule has 0 radical (unpaired) electrons. The summed E-state index contributed by atoms with van der Waals surface area (Å²) in [5.74, 6) is 1.60. The molecule has 2 unspecified atom stereocenters. The van der Waals surface area contributed by atoms with Gasteiger partial charge in [0.2, 0.25) is 0 Å². The van der Waals surface area contributed by atoms with Gasteiger partial charge in [0.05, 0.1) is 7.11 Å². The molecule has 98 valence electrons. The van der Waals surface area contributed by atoms with Crippen LogP contribution in [0.1, 0.15) is 18.9 Å². The largest absolute Gasteiger partial charge is 0.497 e. The van der Waals surface area contributed by atoms with Crippen molar-refractivity contribution in [2.75, 3.05) is 20.2 Å². The number of rotatable bonds is 4. The van der Waals surface area contributed by atoms with Gasteiger partial charge in [0.1, 0.15) is 12.0 Å². The van der Waals surface area contributed by atoms with E-state index in [1.807, 2.05) is 12.1 Å². The van der Waals surface area contributed by atoms with Gasteiger partial charge in [-0.05, 0) is 36.6 Å². The third-order valence-corrected chi connectivity index (χ3v) is 3.84. The van der Waals surface area contributed by atoms with Crippen LogP contribution < -0.4 is 4.74 Å². The molecule has 0 aromatic heterocycles. The first-order chi connectivity index (χ1) is 8.72. The number of ether oxygens (including phenoxy) is 1. The summed E-state index contributed by atoms with van der Waals surface area (Å²) in [6, 6.07) is 8.15. The molecule has 0 N–H and O–H groups in total. The maximum atomic E-state index is 11.0. The van der Waals surface area contributed by atoms with Gasteiger partial charge < -0.3 is 9.53 Å². The summed E-state index contributed by atoms with van der Waals surface area (Å²) in [6.07, 6.45) is 2.23. The number of methoxy groups -OCH3 is 1. The summed E-state index contributed by atoms with van der Waals surface area (Å²) in [6.45, 7) is 5.05. The first-order valence-corrected chi connectivity index (χ1v) is 6.53. The molecule has 2 atom stereocenters. The standard InChI is InChI=1S/C15H21NO2/c1-12-7-8-16(10-14(12)11-17)9-13-3-5-15(18-2)6-4-13/h3-6,11-12,14H,7-10H2,1-2H3. The first-order valence-electron chi connectivity index (χ1n) is 6.53. The summed E-state index contributed by atoms with van der Waals surface area (Å²) < 4.78 is 5.15. The van der Waals surface area contributed by atoms with Crippen molar-refractivity contribution in [1.82, 2.24) is 4.90 Å². The van der Waals surface area contributed by atoms with Crippen molar-refractivity contribution in [1.29, 1.82) is 0 Å². The number of hydrogen-bond donors (Lipinski definition) is 0. The predicted octanol–water partition coefficient (Wildman–Crippen LogP) is 2.35. The molecule has 1 aromatic carbocycles. The quantitative estimate of drug-likeness (QED) is 0.765. The number of benzene rings is 1. The highest BCUT2D eigenvalue weighted by molar-refractivity contribution is 5.54. The molecule has 0 amide bonds. The fourth-order valence-electron chi connectivity index (χ4n) is 2.48. The maximum absolute atomic E-state index is 11.0. The van der Waals surface area contributed by atoms with E-state index in [1.54, 1.807) is 7.11 Å². The Morgan fingerprint density at radius 1 is 1.39 bits per heavy atom. The van der Waals surface area contributed by atoms with E-state index in [0.29, 0.717) is 5.92 Å². The summed E-state index contributed by atoms with van der Waals surface area (Å²) in [5, 5.41) is 0. The average Bonchev–Trinajstić information content (AvgIpc) is 2.42. The average molecular weight is 247 g/mol. The van der Waals surface area contributed by atoms with Crippen LogP contribution in [0.15, 0.2) is 24.3 Å². The summed E-state index contributed by atoms with van der Waals surface area (Å²) >= 11 is 0. The third-order valence-electron chi connectivity index (χ3n) is 3.84. The molecule has 1 heterocycles. The Morgan fingerprint density at radius 3 is 2.72 bits per heavy atom. The van der Waals surface area contributed by atoms with Crippen LogP contribution in [0.25, 0.3) is 0 Å². The molecule has 0 saturated carbocycles. The zero-order valence-electron chi connectivity index (χ0n) is 11.1. The first kappa shape index (κ1) is 13.1. The Labute approximate surface area is 109 Å². The van der Waals surface area contributed by atoms with Gasteiger partial charge in [-0.15, -0.1) is 0 Å². The van der Waals surface area contributed by atoms with Crippen LogP contribution in [0.4, 0.5) is 0 Å². The molecule has 1 aliphatic heterocycles. The van der Waals surface area contributed by atoms with Crippen LogP contribution in [0.5, 0.6) is 5.75 Å². The van der Waals surface area contributed by atoms with Crippen molar-refractivity contribution in [3.63, 3.8) is 0 Å². The summed E-state index contributed by atoms with van der Waals surface area (Å²) in [5.41, 5.74) is 1.27. The molecule has 0 aliphatic carbocycles. The second-order valence-electron chi connectivity index (χ2n) is 5.15. The monoisotopic (exact) mass is 247 g/mol. The van der Waals surface area contributed by atoms with Crippen LogP contribution in [0.2, 0.25) is 0 Å². The van der Waals surface area contributed by atoms with Crippen LogP contribution in [0.3, 0.4) is 0 Å². The Kier molecular flexibility index (Phi) is 4.37. The van der Waals surface area contributed by atoms with E-state index in [9.17, 15) is 4.79 Å². The second kappa shape index (κ2) is 6.01. The number of nitrogens with zero attached hydrogens (tertiary/aromatic N) is 1. The molecule has 1 fully saturated rings. The van der Waals surface area contributed by atoms with Crippen LogP contribution >= 0.6 is 0 Å². The lowest BCUT2D eigenvalue weighted by atomic mass is 9.88. The molecule has 18 heavy (non-hydrogen) atoms. The third kappa shape index (κ3) is 3.10. The number of piperidine rings is 1. The fraction of sp³-hybridized carbons (Fsp3) is 0.533. The Hall–Kier alpha value is -1.35. The van der Waals surface area contributed by atoms with Gasteiger partial charge in [-0.25, -0.2) is 0 Å². The number of hydrogen-bond acceptors (Lipinski definition) is 3. The molecule has 3 nitrogen and oxygen atoms in total. The number of carbonyl (C=O) groups excluding carboxylic acids is 1. The van der Waals surface area contributed by atoms with E-state index >= 15 is 0 Å². The van der Waals surface area contributed by atoms with Crippen LogP contribution in [0, 0.1) is 11.8 Å². The van der Waals surface area contributed by atoms with E-state index < -0.39 is 0 Å². The van der Waals surface area contributed by atoms with E-state index in [-0.39, 0.29) is 5.92 Å². The van der Waals surface area contributed by atoms with Crippen molar-refractivity contribution < 1.29 is 9.53 Å². The highest BCUT2D eigenvalue weighted by Gasteiger charge is 2.25. The zero-order valence-corrected chi connectivity index (χ0v) is 11.1. The second-order valence-corrected chi connectivity index (χ2v) is 5.15. The molecule has 0 spiro atoms. The van der Waals surface area contributed by atoms with Crippen molar-refractivity contribution in [2.45, 2.75) is 19.9 Å². The molecule has 1 aliphatic rings. The van der Waals surface area contributed by atoms with Gasteiger partial charge in [-0.3, -0.25) is 4.90 Å². The lowest BCUT2D eigenvalue weighted by Crippen LogP contribution is -2.39. The van der Waals surface area contributed by atoms with E-state index in [0.717, 1.165) is 38.1 Å². The molecule has 1 saturated heterocycles. The van der Waals surface area contributed by atoms with Crippen molar-refractivity contribution >= 4 is 6.29 Å². The van der Waals surface area contributed by atoms with Crippen molar-refractivity contribution in [3.8, 4) is 5.75 Å². The minimum absolute atomic E-state index is 0.192. The summed E-state index contributed by atoms with van der Waals surface area (Å²) in [4.78, 5) is 13.4. The molecular weight excluding hydrogens is 226 g/mol. The highest BCUT2D eigenvalue weighted by atomic mass is 16.5. The molecule has 3 heteroatoms. The van der Waals surface area contributed by atoms with Gasteiger partial charge in [0.15, 0.2) is 0 Å². The highest BCUT2D eigenvalue weighted by Crippen LogP contribution is 2.23. The normalized spacial score (nSPS) is 24.8. The van der Waals surface area contributed by atoms with Crippen molar-refractivity contribution in [3.05, 3.63) is 29.8 Å². The van der Waals surface area contributed by atoms with E-state index in [2.05, 4.69) is 24.0 Å². The lowest BCUT2D eigenvalue weighted by molar-refractivity contribution is -0.114. The predicted molar refractivity (Wildman–Crippen MR) is 71.6 cm³/mol. The fourth-order valence-corrected chi connectivity index (χ4v) is 2.48. The van der Waals surface area contributed by atoms with Gasteiger partial charge in [0.25, 0.3) is 0 Å². The maximum Gasteiger partial charge on any atom is 0.124 e. The zero-order chi connectivity index (χ0) is 13.0. The molecule has 0 bridgehead atoms. The summed E-state index contributed by atoms with van der Waals surface area (Å²) in [7, 11) is 1.68. The van der Waals surface area contributed by atoms with Gasteiger partial charge >= 0.3 is 0 Å².